The predicted molar refractivity (Wildman–Crippen MR) is 507 cm³/mol. The van der Waals surface area contributed by atoms with Crippen LogP contribution in [0.15, 0.2) is 54.6 Å². The molecule has 124 heavy (non-hydrogen) atoms. The molecule has 17 rings (SSSR count). The molecule has 7 saturated carbocycles. The number of nitrogens with zero attached hydrogens (tertiary/aromatic N) is 6. The summed E-state index contributed by atoms with van der Waals surface area (Å²) in [4.78, 5) is 110. The Labute approximate surface area is 790 Å². The SMILES string of the molecule is COC(=O)N[C@H](C(=O)N1[C@H](c2nc3ccc(B4OC(C)(C)C(C)(C)O4)cc3[nH]2)C[C@@H]2CCCC[C@@H]21)C(C)C.COC(=O)N[C@H](C(=O)N1[C@H](c2nc3ccc(C4CCCC4)cc3[nH]2)C[C@@H]2CCCC[C@@H]21)C(C)C.COC(=O)N[C@H](C(=O)N1[C@H](c2nc3ccc(C4CCCC4)cc3[nH]2)C[C@@H]2CCCC[C@@H]21)C(C)C.IC1CCCC1.IC1CCCC1.[CH3-].[CH3-].[CH3-].[CH3-].[Fe+2].[Fe+2]. The molecule has 6 aromatic rings. The number of likely N-dealkylation sites (tertiary alicyclic amines) is 3. The van der Waals surface area contributed by atoms with E-state index in [1.165, 1.54) is 154 Å². The Balaban J connectivity index is 0.000000233. The van der Waals surface area contributed by atoms with Crippen molar-refractivity contribution >= 4 is 127 Å². The number of aromatic amines is 3. The first-order valence-corrected chi connectivity index (χ1v) is 47.7. The molecule has 23 nitrogen and oxygen atoms in total. The summed E-state index contributed by atoms with van der Waals surface area (Å²) < 4.78 is 29.0. The Morgan fingerprint density at radius 2 is 0.677 bits per heavy atom. The van der Waals surface area contributed by atoms with E-state index in [1.54, 1.807) is 0 Å². The summed E-state index contributed by atoms with van der Waals surface area (Å²) in [5, 5.41) is 8.36. The molecular formula is C96H147BFe2I2N12O11. The monoisotopic (exact) mass is 2020 g/mol. The van der Waals surface area contributed by atoms with Crippen molar-refractivity contribution in [3.63, 3.8) is 0 Å². The van der Waals surface area contributed by atoms with Crippen molar-refractivity contribution in [2.24, 2.45) is 35.5 Å². The van der Waals surface area contributed by atoms with Crippen molar-refractivity contribution in [3.8, 4) is 0 Å². The fourth-order valence-corrected chi connectivity index (χ4v) is 22.9. The number of carbonyl (C=O) groups is 6. The number of fused-ring (bicyclic) bond motifs is 6. The van der Waals surface area contributed by atoms with Gasteiger partial charge in [-0.1, -0.05) is 195 Å². The Morgan fingerprint density at radius 1 is 0.411 bits per heavy atom. The number of nitrogens with one attached hydrogen (secondary N) is 6. The van der Waals surface area contributed by atoms with Crippen LogP contribution < -0.4 is 21.4 Å². The molecule has 12 atom stereocenters. The maximum absolute atomic E-state index is 14.0. The standard InChI is InChI=1S/C28H41BN4O5.2C27H38N4O3.2C5H9I.4CH3.2Fe/c1-16(2)23(32-26(35)36-7)25(34)33-21-11-9-8-10-17(21)14-22(33)24-30-19-13-12-18(15-20(19)31-24)29-37-27(3,4)28(5,6)38-29;2*1-16(2)24(30-27(33)34-3)26(32)31-22-11-7-6-10-19(22)15-23(31)25-28-20-13-12-18(14-21(20)29-25)17-8-4-5-9-17;2*6-5-3-1-2-4-5;;;;;;/h12-13,15-17,21-23H,8-11,14H2,1-7H3,(H,30,31)(H,32,35);2*12-14,16-17,19,22-24H,4-11,15H2,1-3H3,(H,28,29)(H,30,33);2*5H,1-4H2;4*1H3;;/q;;;;;4*-1;2*+2/t17-,21-,22-,23-;2*19-,22-,23-,24-;;;;;;;;/m000......../s1. The summed E-state index contributed by atoms with van der Waals surface area (Å²) in [5.41, 5.74) is 8.69. The van der Waals surface area contributed by atoms with Gasteiger partial charge in [-0.05, 0) is 237 Å². The number of methoxy groups -OCH3 is 3. The fourth-order valence-electron chi connectivity index (χ4n) is 21.2. The molecule has 4 saturated heterocycles. The van der Waals surface area contributed by atoms with Gasteiger partial charge in [-0.25, -0.2) is 29.3 Å². The average molecular weight is 2020 g/mol. The Bertz CT molecular complexity index is 4210. The van der Waals surface area contributed by atoms with Crippen LogP contribution in [0.2, 0.25) is 0 Å². The van der Waals surface area contributed by atoms with Crippen LogP contribution in [0.3, 0.4) is 0 Å². The second kappa shape index (κ2) is 47.6. The number of hydrogen-bond donors (Lipinski definition) is 6. The molecule has 7 aliphatic carbocycles. The Kier molecular flexibility index (Phi) is 40.6. The molecule has 11 aliphatic rings. The molecule has 6 amide bonds. The number of imidazole rings is 3. The number of benzene rings is 3. The third kappa shape index (κ3) is 24.7. The molecule has 7 heterocycles. The summed E-state index contributed by atoms with van der Waals surface area (Å²) in [6, 6.07) is 17.6. The zero-order valence-electron chi connectivity index (χ0n) is 77.3. The van der Waals surface area contributed by atoms with Crippen LogP contribution in [0.4, 0.5) is 14.4 Å². The molecule has 4 aliphatic heterocycles. The third-order valence-electron chi connectivity index (χ3n) is 28.5. The molecular weight excluding hydrogens is 1870 g/mol. The number of H-pyrrole nitrogens is 3. The first-order chi connectivity index (χ1) is 56.6. The zero-order chi connectivity index (χ0) is 83.9. The maximum Gasteiger partial charge on any atom is 2.00 e. The summed E-state index contributed by atoms with van der Waals surface area (Å²) in [6.45, 7) is 19.9. The first kappa shape index (κ1) is 106. The largest absolute Gasteiger partial charge is 2.00 e. The van der Waals surface area contributed by atoms with E-state index in [-0.39, 0.29) is 136 Å². The number of alkyl carbamates (subject to hydrolysis) is 3. The zero-order valence-corrected chi connectivity index (χ0v) is 83.8. The maximum atomic E-state index is 14.0. The number of carbonyl (C=O) groups excluding carboxylic acids is 6. The first-order valence-electron chi connectivity index (χ1n) is 45.2. The van der Waals surface area contributed by atoms with E-state index in [0.29, 0.717) is 29.6 Å². The molecule has 6 N–H and O–H groups in total. The third-order valence-corrected chi connectivity index (χ3v) is 31.0. The van der Waals surface area contributed by atoms with E-state index in [0.717, 1.165) is 141 Å². The smallest absolute Gasteiger partial charge is 0.453 e. The molecule has 0 bridgehead atoms. The number of rotatable bonds is 15. The molecule has 11 fully saturated rings. The number of amides is 6. The van der Waals surface area contributed by atoms with E-state index in [2.05, 4.69) is 122 Å². The van der Waals surface area contributed by atoms with E-state index >= 15 is 0 Å². The van der Waals surface area contributed by atoms with Gasteiger partial charge in [0.1, 0.15) is 35.6 Å². The van der Waals surface area contributed by atoms with Crippen LogP contribution in [-0.2, 0) is 72.0 Å². The van der Waals surface area contributed by atoms with Crippen molar-refractivity contribution in [1.29, 1.82) is 0 Å². The van der Waals surface area contributed by atoms with Crippen LogP contribution >= 0.6 is 45.2 Å². The summed E-state index contributed by atoms with van der Waals surface area (Å²) in [5.74, 6) is 4.96. The quantitative estimate of drug-likeness (QED) is 0.0183. The van der Waals surface area contributed by atoms with Gasteiger partial charge in [-0.2, -0.15) is 0 Å². The van der Waals surface area contributed by atoms with Gasteiger partial charge in [0.25, 0.3) is 0 Å². The molecule has 0 spiro atoms. The van der Waals surface area contributed by atoms with Gasteiger partial charge in [0.15, 0.2) is 0 Å². The number of aromatic nitrogens is 6. The van der Waals surface area contributed by atoms with Gasteiger partial charge in [0.2, 0.25) is 17.7 Å². The molecule has 0 radical (unpaired) electrons. The van der Waals surface area contributed by atoms with E-state index < -0.39 is 54.7 Å². The van der Waals surface area contributed by atoms with Crippen molar-refractivity contribution in [1.82, 2.24) is 60.6 Å². The normalized spacial score (nSPS) is 25.1. The topological polar surface area (TPSA) is 280 Å². The predicted octanol–water partition coefficient (Wildman–Crippen LogP) is 21.5. The van der Waals surface area contributed by atoms with Crippen molar-refractivity contribution < 1.29 is 86.4 Å². The summed E-state index contributed by atoms with van der Waals surface area (Å²) in [7, 11) is 3.53. The van der Waals surface area contributed by atoms with Crippen molar-refractivity contribution in [3.05, 3.63) is 113 Å². The van der Waals surface area contributed by atoms with E-state index in [1.807, 2.05) is 92.3 Å². The van der Waals surface area contributed by atoms with Gasteiger partial charge in [-0.3, -0.25) is 14.4 Å². The van der Waals surface area contributed by atoms with Crippen molar-refractivity contribution in [2.75, 3.05) is 21.3 Å². The number of hydrogen-bond acceptors (Lipinski definition) is 14. The molecule has 3 aromatic carbocycles. The van der Waals surface area contributed by atoms with Gasteiger partial charge < -0.3 is 98.8 Å². The van der Waals surface area contributed by atoms with Gasteiger partial charge in [0.05, 0.1) is 83.8 Å². The minimum Gasteiger partial charge on any atom is -0.453 e. The van der Waals surface area contributed by atoms with Crippen LogP contribution in [0.5, 0.6) is 0 Å². The van der Waals surface area contributed by atoms with Crippen LogP contribution in [0.1, 0.15) is 327 Å². The van der Waals surface area contributed by atoms with Crippen LogP contribution in [0.25, 0.3) is 33.1 Å². The van der Waals surface area contributed by atoms with Crippen LogP contribution in [-0.4, -0.2) is 164 Å². The number of halogens is 2. The van der Waals surface area contributed by atoms with E-state index in [4.69, 9.17) is 38.5 Å². The minimum atomic E-state index is -0.662. The van der Waals surface area contributed by atoms with Gasteiger partial charge in [-0.15, -0.1) is 0 Å². The number of alkyl halides is 2. The molecule has 0 unspecified atom stereocenters. The van der Waals surface area contributed by atoms with Crippen molar-refractivity contribution in [2.45, 2.75) is 354 Å². The molecule has 28 heteroatoms. The fraction of sp³-hybridized carbons (Fsp3) is 0.677. The number of ether oxygens (including phenoxy) is 3. The Hall–Kier alpha value is -5.23. The van der Waals surface area contributed by atoms with Gasteiger partial charge in [0, 0.05) is 26.0 Å². The van der Waals surface area contributed by atoms with Crippen LogP contribution in [0, 0.1) is 65.2 Å². The second-order valence-corrected chi connectivity index (χ2v) is 41.4. The summed E-state index contributed by atoms with van der Waals surface area (Å²) >= 11 is 5.06. The minimum absolute atomic E-state index is 0. The van der Waals surface area contributed by atoms with E-state index in [9.17, 15) is 28.8 Å². The average Bonchev–Trinajstić information content (AvgIpc) is 1.60. The van der Waals surface area contributed by atoms with Gasteiger partial charge >= 0.3 is 59.5 Å². The Morgan fingerprint density at radius 3 is 0.952 bits per heavy atom. The molecule has 3 aromatic heterocycles. The summed E-state index contributed by atoms with van der Waals surface area (Å²) in [6.07, 6.45) is 36.5. The molecule has 690 valence electrons. The second-order valence-electron chi connectivity index (χ2n) is 37.9.